The first kappa shape index (κ1) is 14.5. The molecule has 1 saturated carbocycles. The van der Waals surface area contributed by atoms with E-state index >= 15 is 0 Å². The van der Waals surface area contributed by atoms with Crippen molar-refractivity contribution in [2.75, 3.05) is 0 Å². The van der Waals surface area contributed by atoms with E-state index in [1.165, 1.54) is 12.8 Å². The highest BCUT2D eigenvalue weighted by molar-refractivity contribution is 5.92. The number of nitrogens with zero attached hydrogens (tertiary/aromatic N) is 2. The van der Waals surface area contributed by atoms with Gasteiger partial charge >= 0.3 is 0 Å². The Morgan fingerprint density at radius 2 is 2.00 bits per heavy atom. The first-order valence-electron chi connectivity index (χ1n) is 8.34. The van der Waals surface area contributed by atoms with Crippen LogP contribution in [0.2, 0.25) is 0 Å². The zero-order chi connectivity index (χ0) is 15.8. The van der Waals surface area contributed by atoms with Crippen LogP contribution in [0.4, 0.5) is 0 Å². The Labute approximate surface area is 135 Å². The van der Waals surface area contributed by atoms with Crippen molar-refractivity contribution in [3.63, 3.8) is 0 Å². The SMILES string of the molecule is O=C(N[C@H]1c2ccccc2C[C@H]1O)c1ccn(C2CCCC2)n1. The largest absolute Gasteiger partial charge is 0.390 e. The highest BCUT2D eigenvalue weighted by Crippen LogP contribution is 2.32. The molecule has 1 heterocycles. The zero-order valence-electron chi connectivity index (χ0n) is 13.0. The van der Waals surface area contributed by atoms with Crippen LogP contribution < -0.4 is 5.32 Å². The molecule has 2 aliphatic carbocycles. The van der Waals surface area contributed by atoms with Crippen LogP contribution >= 0.6 is 0 Å². The number of aliphatic hydroxyl groups excluding tert-OH is 1. The molecule has 1 amide bonds. The molecule has 120 valence electrons. The van der Waals surface area contributed by atoms with Crippen molar-refractivity contribution < 1.29 is 9.90 Å². The lowest BCUT2D eigenvalue weighted by Crippen LogP contribution is -2.34. The van der Waals surface area contributed by atoms with E-state index in [1.54, 1.807) is 6.07 Å². The number of aliphatic hydroxyl groups is 1. The van der Waals surface area contributed by atoms with Crippen molar-refractivity contribution in [3.05, 3.63) is 53.3 Å². The molecule has 23 heavy (non-hydrogen) atoms. The quantitative estimate of drug-likeness (QED) is 0.914. The summed E-state index contributed by atoms with van der Waals surface area (Å²) < 4.78 is 1.92. The van der Waals surface area contributed by atoms with Crippen LogP contribution in [0.25, 0.3) is 0 Å². The van der Waals surface area contributed by atoms with Gasteiger partial charge in [-0.05, 0) is 30.0 Å². The van der Waals surface area contributed by atoms with Gasteiger partial charge in [-0.3, -0.25) is 9.48 Å². The van der Waals surface area contributed by atoms with Gasteiger partial charge in [0.2, 0.25) is 0 Å². The maximum atomic E-state index is 12.5. The molecule has 1 aromatic heterocycles. The Bertz CT molecular complexity index is 719. The number of fused-ring (bicyclic) bond motifs is 1. The van der Waals surface area contributed by atoms with Crippen molar-refractivity contribution in [2.24, 2.45) is 0 Å². The molecule has 0 saturated heterocycles. The maximum absolute atomic E-state index is 12.5. The third-order valence-electron chi connectivity index (χ3n) is 5.03. The van der Waals surface area contributed by atoms with Crippen LogP contribution in [-0.2, 0) is 6.42 Å². The number of benzene rings is 1. The first-order chi connectivity index (χ1) is 11.2. The second kappa shape index (κ2) is 5.81. The number of amides is 1. The second-order valence-corrected chi connectivity index (χ2v) is 6.54. The minimum Gasteiger partial charge on any atom is -0.390 e. The molecule has 0 bridgehead atoms. The molecule has 0 aliphatic heterocycles. The molecule has 4 rings (SSSR count). The van der Waals surface area contributed by atoms with Crippen LogP contribution in [-0.4, -0.2) is 26.9 Å². The highest BCUT2D eigenvalue weighted by Gasteiger charge is 2.32. The van der Waals surface area contributed by atoms with Gasteiger partial charge in [0.15, 0.2) is 0 Å². The van der Waals surface area contributed by atoms with E-state index in [0.717, 1.165) is 24.0 Å². The molecule has 2 aliphatic rings. The highest BCUT2D eigenvalue weighted by atomic mass is 16.3. The van der Waals surface area contributed by atoms with Crippen LogP contribution in [0.5, 0.6) is 0 Å². The lowest BCUT2D eigenvalue weighted by molar-refractivity contribution is 0.0852. The van der Waals surface area contributed by atoms with Gasteiger partial charge in [-0.2, -0.15) is 5.10 Å². The smallest absolute Gasteiger partial charge is 0.272 e. The molecule has 5 heteroatoms. The Kier molecular flexibility index (Phi) is 3.65. The number of aromatic nitrogens is 2. The van der Waals surface area contributed by atoms with E-state index in [2.05, 4.69) is 10.4 Å². The Balaban J connectivity index is 1.50. The molecule has 0 unspecified atom stereocenters. The Hall–Kier alpha value is -2.14. The lowest BCUT2D eigenvalue weighted by Gasteiger charge is -2.17. The van der Waals surface area contributed by atoms with Crippen molar-refractivity contribution >= 4 is 5.91 Å². The predicted molar refractivity (Wildman–Crippen MR) is 86.1 cm³/mol. The Morgan fingerprint density at radius 1 is 1.22 bits per heavy atom. The molecule has 1 aromatic carbocycles. The van der Waals surface area contributed by atoms with E-state index < -0.39 is 6.10 Å². The maximum Gasteiger partial charge on any atom is 0.272 e. The van der Waals surface area contributed by atoms with Crippen molar-refractivity contribution in [2.45, 2.75) is 50.3 Å². The number of carbonyl (C=O) groups excluding carboxylic acids is 1. The second-order valence-electron chi connectivity index (χ2n) is 6.54. The van der Waals surface area contributed by atoms with Crippen LogP contribution in [0.1, 0.15) is 59.4 Å². The summed E-state index contributed by atoms with van der Waals surface area (Å²) >= 11 is 0. The van der Waals surface area contributed by atoms with E-state index in [0.29, 0.717) is 18.2 Å². The summed E-state index contributed by atoms with van der Waals surface area (Å²) in [6.07, 6.45) is 6.64. The average Bonchev–Trinajstić information content (AvgIpc) is 3.27. The summed E-state index contributed by atoms with van der Waals surface area (Å²) in [5, 5.41) is 17.6. The fraction of sp³-hybridized carbons (Fsp3) is 0.444. The van der Waals surface area contributed by atoms with Gasteiger partial charge < -0.3 is 10.4 Å². The summed E-state index contributed by atoms with van der Waals surface area (Å²) in [7, 11) is 0. The Morgan fingerprint density at radius 3 is 2.83 bits per heavy atom. The molecular formula is C18H21N3O2. The standard InChI is InChI=1S/C18H21N3O2/c22-16-11-12-5-1-4-8-14(12)17(16)19-18(23)15-9-10-21(20-15)13-6-2-3-7-13/h1,4-5,8-10,13,16-17,22H,2-3,6-7,11H2,(H,19,23)/t16-,17+/m1/s1. The van der Waals surface area contributed by atoms with E-state index in [9.17, 15) is 9.90 Å². The molecule has 2 N–H and O–H groups in total. The van der Waals surface area contributed by atoms with Crippen LogP contribution in [0.15, 0.2) is 36.5 Å². The zero-order valence-corrected chi connectivity index (χ0v) is 13.0. The number of hydrogen-bond donors (Lipinski definition) is 2. The third-order valence-corrected chi connectivity index (χ3v) is 5.03. The van der Waals surface area contributed by atoms with Crippen molar-refractivity contribution in [1.82, 2.24) is 15.1 Å². The summed E-state index contributed by atoms with van der Waals surface area (Å²) in [6, 6.07) is 9.70. The minimum absolute atomic E-state index is 0.220. The molecular weight excluding hydrogens is 290 g/mol. The summed E-state index contributed by atoms with van der Waals surface area (Å²) in [5.74, 6) is -0.220. The normalized spacial score (nSPS) is 23.9. The fourth-order valence-corrected chi connectivity index (χ4v) is 3.79. The van der Waals surface area contributed by atoms with Gasteiger partial charge in [0.25, 0.3) is 5.91 Å². The van der Waals surface area contributed by atoms with E-state index in [-0.39, 0.29) is 11.9 Å². The van der Waals surface area contributed by atoms with Crippen LogP contribution in [0.3, 0.4) is 0 Å². The van der Waals surface area contributed by atoms with Gasteiger partial charge in [0, 0.05) is 12.6 Å². The minimum atomic E-state index is -0.576. The van der Waals surface area contributed by atoms with Gasteiger partial charge in [-0.1, -0.05) is 37.1 Å². The van der Waals surface area contributed by atoms with E-state index in [4.69, 9.17) is 0 Å². The predicted octanol–water partition coefficient (Wildman–Crippen LogP) is 2.39. The molecule has 5 nitrogen and oxygen atoms in total. The monoisotopic (exact) mass is 311 g/mol. The van der Waals surface area contributed by atoms with Gasteiger partial charge in [-0.15, -0.1) is 0 Å². The number of nitrogens with one attached hydrogen (secondary N) is 1. The van der Waals surface area contributed by atoms with Crippen LogP contribution in [0, 0.1) is 0 Å². The summed E-state index contributed by atoms with van der Waals surface area (Å²) in [4.78, 5) is 12.5. The molecule has 1 fully saturated rings. The molecule has 0 spiro atoms. The molecule has 2 aromatic rings. The number of hydrogen-bond acceptors (Lipinski definition) is 3. The summed E-state index contributed by atoms with van der Waals surface area (Å²) in [5.41, 5.74) is 2.53. The van der Waals surface area contributed by atoms with Gasteiger partial charge in [0.05, 0.1) is 18.2 Å². The third kappa shape index (κ3) is 2.65. The number of carbonyl (C=O) groups is 1. The number of rotatable bonds is 3. The summed E-state index contributed by atoms with van der Waals surface area (Å²) in [6.45, 7) is 0. The molecule has 2 atom stereocenters. The van der Waals surface area contributed by atoms with Crippen molar-refractivity contribution in [3.8, 4) is 0 Å². The fourth-order valence-electron chi connectivity index (χ4n) is 3.79. The van der Waals surface area contributed by atoms with Crippen molar-refractivity contribution in [1.29, 1.82) is 0 Å². The lowest BCUT2D eigenvalue weighted by atomic mass is 10.1. The first-order valence-corrected chi connectivity index (χ1v) is 8.34. The van der Waals surface area contributed by atoms with E-state index in [1.807, 2.05) is 35.1 Å². The molecule has 0 radical (unpaired) electrons. The average molecular weight is 311 g/mol. The van der Waals surface area contributed by atoms with Gasteiger partial charge in [0.1, 0.15) is 5.69 Å². The topological polar surface area (TPSA) is 67.2 Å². The van der Waals surface area contributed by atoms with Gasteiger partial charge in [-0.25, -0.2) is 0 Å².